The van der Waals surface area contributed by atoms with Crippen LogP contribution in [0.1, 0.15) is 35.1 Å². The minimum Gasteiger partial charge on any atom is -0.0798 e. The van der Waals surface area contributed by atoms with Gasteiger partial charge in [0.15, 0.2) is 0 Å². The first kappa shape index (κ1) is 9.16. The fourth-order valence-corrected chi connectivity index (χ4v) is 3.95. The first-order valence-corrected chi connectivity index (χ1v) is 6.84. The van der Waals surface area contributed by atoms with E-state index < -0.39 is 0 Å². The third-order valence-corrected chi connectivity index (χ3v) is 4.79. The summed E-state index contributed by atoms with van der Waals surface area (Å²) in [6, 6.07) is 4.95. The average Bonchev–Trinajstić information content (AvgIpc) is 3.04. The molecule has 0 nitrogen and oxygen atoms in total. The van der Waals surface area contributed by atoms with E-state index in [2.05, 4.69) is 36.4 Å². The predicted molar refractivity (Wildman–Crippen MR) is 75.2 cm³/mol. The van der Waals surface area contributed by atoms with Crippen molar-refractivity contribution in [3.05, 3.63) is 69.8 Å². The molecule has 0 saturated carbocycles. The van der Waals surface area contributed by atoms with Crippen molar-refractivity contribution < 1.29 is 0 Å². The number of rotatable bonds is 0. The number of fused-ring (bicyclic) bond motifs is 4. The van der Waals surface area contributed by atoms with E-state index in [4.69, 9.17) is 0 Å². The Balaban J connectivity index is 1.74. The summed E-state index contributed by atoms with van der Waals surface area (Å²) in [6.45, 7) is 0. The highest BCUT2D eigenvalue weighted by Gasteiger charge is 2.28. The fraction of sp³-hybridized carbons (Fsp3) is 0.222. The molecule has 0 radical (unpaired) electrons. The molecule has 0 spiro atoms. The largest absolute Gasteiger partial charge is 0.0798 e. The normalized spacial score (nSPS) is 21.8. The lowest BCUT2D eigenvalue weighted by Gasteiger charge is -2.09. The molecule has 0 aliphatic heterocycles. The molecule has 0 aromatic heterocycles. The van der Waals surface area contributed by atoms with Gasteiger partial charge in [-0.1, -0.05) is 35.9 Å². The molecule has 0 heterocycles. The van der Waals surface area contributed by atoms with Gasteiger partial charge in [0.2, 0.25) is 0 Å². The van der Waals surface area contributed by atoms with Crippen molar-refractivity contribution in [3.63, 3.8) is 0 Å². The van der Waals surface area contributed by atoms with Crippen LogP contribution in [-0.4, -0.2) is 0 Å². The van der Waals surface area contributed by atoms with Gasteiger partial charge >= 0.3 is 0 Å². The zero-order valence-electron chi connectivity index (χ0n) is 10.3. The van der Waals surface area contributed by atoms with Crippen molar-refractivity contribution >= 4 is 11.1 Å². The van der Waals surface area contributed by atoms with Crippen LogP contribution in [-0.2, 0) is 12.8 Å². The summed E-state index contributed by atoms with van der Waals surface area (Å²) in [7, 11) is 0. The molecule has 18 heavy (non-hydrogen) atoms. The maximum absolute atomic E-state index is 2.48. The molecular weight excluding hydrogens is 216 g/mol. The van der Waals surface area contributed by atoms with Crippen molar-refractivity contribution in [1.29, 1.82) is 0 Å². The molecule has 4 aliphatic carbocycles. The monoisotopic (exact) mass is 230 g/mol. The Morgan fingerprint density at radius 3 is 2.67 bits per heavy atom. The van der Waals surface area contributed by atoms with E-state index in [9.17, 15) is 0 Å². The Morgan fingerprint density at radius 1 is 0.778 bits per heavy atom. The van der Waals surface area contributed by atoms with E-state index in [1.54, 1.807) is 27.8 Å². The summed E-state index contributed by atoms with van der Waals surface area (Å²) in [6.07, 6.45) is 13.9. The lowest BCUT2D eigenvalue weighted by Crippen LogP contribution is -1.92. The summed E-state index contributed by atoms with van der Waals surface area (Å²) in [5.41, 5.74) is 12.5. The Labute approximate surface area is 107 Å². The zero-order valence-corrected chi connectivity index (χ0v) is 10.3. The molecule has 0 unspecified atom stereocenters. The third-order valence-electron chi connectivity index (χ3n) is 4.79. The van der Waals surface area contributed by atoms with Crippen LogP contribution in [0.3, 0.4) is 0 Å². The van der Waals surface area contributed by atoms with Crippen molar-refractivity contribution in [2.75, 3.05) is 0 Å². The standard InChI is InChI=1S/C18H14/c1-3-11-7-13-9-14-8-12-4-2-6-16(12)18(14)10-17(13)15(11)5-1/h1-3,6,9-10H,4-5,7-8H2. The van der Waals surface area contributed by atoms with Crippen LogP contribution in [0.25, 0.3) is 11.1 Å². The van der Waals surface area contributed by atoms with Crippen LogP contribution in [0.2, 0.25) is 0 Å². The minimum atomic E-state index is 1.14. The van der Waals surface area contributed by atoms with E-state index in [-0.39, 0.29) is 0 Å². The molecule has 0 N–H and O–H groups in total. The van der Waals surface area contributed by atoms with E-state index >= 15 is 0 Å². The van der Waals surface area contributed by atoms with Gasteiger partial charge in [-0.3, -0.25) is 0 Å². The first-order valence-electron chi connectivity index (χ1n) is 6.84. The van der Waals surface area contributed by atoms with Crippen molar-refractivity contribution in [2.24, 2.45) is 0 Å². The maximum atomic E-state index is 2.48. The highest BCUT2D eigenvalue weighted by molar-refractivity contribution is 5.90. The summed E-state index contributed by atoms with van der Waals surface area (Å²) in [4.78, 5) is 0. The van der Waals surface area contributed by atoms with Gasteiger partial charge < -0.3 is 0 Å². The Bertz CT molecular complexity index is 721. The van der Waals surface area contributed by atoms with Crippen LogP contribution < -0.4 is 0 Å². The van der Waals surface area contributed by atoms with Gasteiger partial charge in [-0.15, -0.1) is 0 Å². The molecular formula is C18H14. The second-order valence-electron chi connectivity index (χ2n) is 5.75. The molecule has 0 heteroatoms. The molecule has 86 valence electrons. The second-order valence-corrected chi connectivity index (χ2v) is 5.75. The van der Waals surface area contributed by atoms with Gasteiger partial charge in [-0.25, -0.2) is 0 Å². The fourth-order valence-electron chi connectivity index (χ4n) is 3.95. The van der Waals surface area contributed by atoms with E-state index in [1.807, 2.05) is 0 Å². The molecule has 5 rings (SSSR count). The van der Waals surface area contributed by atoms with Gasteiger partial charge in [-0.2, -0.15) is 0 Å². The topological polar surface area (TPSA) is 0 Å². The Kier molecular flexibility index (Phi) is 1.50. The molecule has 1 aromatic carbocycles. The van der Waals surface area contributed by atoms with Gasteiger partial charge in [0, 0.05) is 0 Å². The molecule has 0 amide bonds. The smallest absolute Gasteiger partial charge is 0.00167 e. The Morgan fingerprint density at radius 2 is 1.67 bits per heavy atom. The maximum Gasteiger partial charge on any atom is -0.00167 e. The summed E-state index contributed by atoms with van der Waals surface area (Å²) >= 11 is 0. The minimum absolute atomic E-state index is 1.14. The van der Waals surface area contributed by atoms with Crippen LogP contribution in [0.5, 0.6) is 0 Å². The number of allylic oxidation sites excluding steroid dienone is 8. The van der Waals surface area contributed by atoms with Crippen molar-refractivity contribution in [2.45, 2.75) is 25.7 Å². The second kappa shape index (κ2) is 2.95. The van der Waals surface area contributed by atoms with Crippen LogP contribution in [0.4, 0.5) is 0 Å². The van der Waals surface area contributed by atoms with Crippen molar-refractivity contribution in [1.82, 2.24) is 0 Å². The Hall–Kier alpha value is -1.82. The molecule has 0 bridgehead atoms. The summed E-state index contributed by atoms with van der Waals surface area (Å²) in [5.74, 6) is 0. The molecule has 0 fully saturated rings. The van der Waals surface area contributed by atoms with Gasteiger partial charge in [0.05, 0.1) is 0 Å². The van der Waals surface area contributed by atoms with Crippen molar-refractivity contribution in [3.8, 4) is 0 Å². The molecule has 4 aliphatic rings. The highest BCUT2D eigenvalue weighted by atomic mass is 14.3. The van der Waals surface area contributed by atoms with E-state index in [0.717, 1.165) is 12.8 Å². The lowest BCUT2D eigenvalue weighted by atomic mass is 9.95. The summed E-state index contributed by atoms with van der Waals surface area (Å²) < 4.78 is 0. The lowest BCUT2D eigenvalue weighted by molar-refractivity contribution is 1.11. The zero-order chi connectivity index (χ0) is 11.7. The van der Waals surface area contributed by atoms with Gasteiger partial charge in [0.1, 0.15) is 0 Å². The molecule has 1 aromatic rings. The molecule has 0 saturated heterocycles. The highest BCUT2D eigenvalue weighted by Crippen LogP contribution is 2.45. The predicted octanol–water partition coefficient (Wildman–Crippen LogP) is 4.23. The SMILES string of the molecule is C1=CC2=C(C1)Cc1cc3c(cc12)C1=C(C=CC1)C3. The molecule has 0 atom stereocenters. The third kappa shape index (κ3) is 0.978. The quantitative estimate of drug-likeness (QED) is 0.625. The number of benzene rings is 1. The number of hydrogen-bond donors (Lipinski definition) is 0. The van der Waals surface area contributed by atoms with E-state index in [1.165, 1.54) is 29.5 Å². The van der Waals surface area contributed by atoms with Gasteiger partial charge in [0.25, 0.3) is 0 Å². The van der Waals surface area contributed by atoms with Crippen LogP contribution in [0.15, 0.2) is 47.6 Å². The van der Waals surface area contributed by atoms with E-state index in [0.29, 0.717) is 0 Å². The summed E-state index contributed by atoms with van der Waals surface area (Å²) in [5, 5.41) is 0. The van der Waals surface area contributed by atoms with Gasteiger partial charge in [-0.05, 0) is 70.7 Å². The number of hydrogen-bond acceptors (Lipinski definition) is 0. The first-order chi connectivity index (χ1) is 8.90. The van der Waals surface area contributed by atoms with Crippen LogP contribution in [0, 0.1) is 0 Å². The average molecular weight is 230 g/mol. The van der Waals surface area contributed by atoms with Crippen LogP contribution >= 0.6 is 0 Å².